The zero-order valence-electron chi connectivity index (χ0n) is 9.98. The van der Waals surface area contributed by atoms with Gasteiger partial charge in [-0.15, -0.1) is 11.3 Å². The lowest BCUT2D eigenvalue weighted by Crippen LogP contribution is -2.11. The number of hydrogen-bond donors (Lipinski definition) is 1. The quantitative estimate of drug-likeness (QED) is 0.871. The van der Waals surface area contributed by atoms with Crippen molar-refractivity contribution < 1.29 is 0 Å². The van der Waals surface area contributed by atoms with Gasteiger partial charge < -0.3 is 5.73 Å². The molecule has 2 rings (SSSR count). The molecule has 1 unspecified atom stereocenters. The predicted octanol–water partition coefficient (Wildman–Crippen LogP) is 2.46. The first-order valence-corrected chi connectivity index (χ1v) is 6.06. The lowest BCUT2D eigenvalue weighted by molar-refractivity contribution is 0.578. The molecule has 0 aliphatic heterocycles. The van der Waals surface area contributed by atoms with E-state index >= 15 is 0 Å². The number of thiazole rings is 1. The number of aromatic nitrogens is 3. The molecule has 1 atom stereocenters. The summed E-state index contributed by atoms with van der Waals surface area (Å²) in [5.74, 6) is 0.734. The molecule has 0 spiro atoms. The zero-order valence-corrected chi connectivity index (χ0v) is 10.8. The van der Waals surface area contributed by atoms with Crippen molar-refractivity contribution in [1.82, 2.24) is 14.8 Å². The minimum Gasteiger partial charge on any atom is -0.384 e. The Morgan fingerprint density at radius 1 is 1.38 bits per heavy atom. The second-order valence-electron chi connectivity index (χ2n) is 4.02. The van der Waals surface area contributed by atoms with Gasteiger partial charge in [0.1, 0.15) is 5.82 Å². The average molecular weight is 236 g/mol. The summed E-state index contributed by atoms with van der Waals surface area (Å²) in [4.78, 5) is 5.66. The average Bonchev–Trinajstić information content (AvgIpc) is 2.71. The standard InChI is InChI=1S/C11H16N4S/c1-6-5-13-15(11(6)12)8(3)10-7(2)14-9(4)16-10/h5,8H,12H2,1-4H3. The molecular formula is C11H16N4S. The van der Waals surface area contributed by atoms with Crippen molar-refractivity contribution in [3.05, 3.63) is 27.3 Å². The van der Waals surface area contributed by atoms with Gasteiger partial charge in [0.2, 0.25) is 0 Å². The van der Waals surface area contributed by atoms with E-state index < -0.39 is 0 Å². The maximum atomic E-state index is 5.98. The fourth-order valence-electron chi connectivity index (χ4n) is 1.81. The molecular weight excluding hydrogens is 220 g/mol. The van der Waals surface area contributed by atoms with Crippen LogP contribution in [0.2, 0.25) is 0 Å². The minimum atomic E-state index is 0.153. The molecule has 2 heterocycles. The summed E-state index contributed by atoms with van der Waals surface area (Å²) in [5, 5.41) is 5.40. The fourth-order valence-corrected chi connectivity index (χ4v) is 2.78. The third-order valence-electron chi connectivity index (χ3n) is 2.71. The molecule has 0 radical (unpaired) electrons. The van der Waals surface area contributed by atoms with Gasteiger partial charge in [-0.05, 0) is 27.7 Å². The van der Waals surface area contributed by atoms with E-state index in [1.165, 1.54) is 4.88 Å². The van der Waals surface area contributed by atoms with Gasteiger partial charge >= 0.3 is 0 Å². The number of aryl methyl sites for hydroxylation is 3. The van der Waals surface area contributed by atoms with Crippen molar-refractivity contribution in [3.8, 4) is 0 Å². The highest BCUT2D eigenvalue weighted by Gasteiger charge is 2.17. The summed E-state index contributed by atoms with van der Waals surface area (Å²) in [6.07, 6.45) is 1.80. The molecule has 0 amide bonds. The van der Waals surface area contributed by atoms with Crippen LogP contribution in [0.3, 0.4) is 0 Å². The first-order chi connectivity index (χ1) is 7.50. The largest absolute Gasteiger partial charge is 0.384 e. The number of rotatable bonds is 2. The topological polar surface area (TPSA) is 56.7 Å². The number of hydrogen-bond acceptors (Lipinski definition) is 4. The van der Waals surface area contributed by atoms with E-state index in [9.17, 15) is 0 Å². The predicted molar refractivity (Wildman–Crippen MR) is 66.8 cm³/mol. The smallest absolute Gasteiger partial charge is 0.125 e. The van der Waals surface area contributed by atoms with Crippen molar-refractivity contribution in [3.63, 3.8) is 0 Å². The molecule has 16 heavy (non-hydrogen) atoms. The molecule has 0 saturated heterocycles. The van der Waals surface area contributed by atoms with Gasteiger partial charge in [-0.2, -0.15) is 5.10 Å². The van der Waals surface area contributed by atoms with E-state index in [-0.39, 0.29) is 6.04 Å². The van der Waals surface area contributed by atoms with Gasteiger partial charge in [-0.25, -0.2) is 9.67 Å². The van der Waals surface area contributed by atoms with Gasteiger partial charge in [0.15, 0.2) is 0 Å². The SMILES string of the molecule is Cc1nc(C)c(C(C)n2ncc(C)c2N)s1. The zero-order chi connectivity index (χ0) is 11.9. The van der Waals surface area contributed by atoms with Crippen molar-refractivity contribution in [2.45, 2.75) is 33.7 Å². The lowest BCUT2D eigenvalue weighted by Gasteiger charge is -2.12. The van der Waals surface area contributed by atoms with Crippen molar-refractivity contribution in [2.75, 3.05) is 5.73 Å². The summed E-state index contributed by atoms with van der Waals surface area (Å²) in [5.41, 5.74) is 8.07. The number of anilines is 1. The molecule has 0 bridgehead atoms. The highest BCUT2D eigenvalue weighted by molar-refractivity contribution is 7.11. The van der Waals surface area contributed by atoms with Gasteiger partial charge in [-0.3, -0.25) is 0 Å². The molecule has 0 saturated carbocycles. The van der Waals surface area contributed by atoms with Crippen LogP contribution >= 0.6 is 11.3 Å². The Bertz CT molecular complexity index is 510. The molecule has 0 aliphatic carbocycles. The van der Waals surface area contributed by atoms with Gasteiger partial charge in [0.05, 0.1) is 27.8 Å². The van der Waals surface area contributed by atoms with Crippen LogP contribution in [-0.4, -0.2) is 14.8 Å². The maximum absolute atomic E-state index is 5.98. The Morgan fingerprint density at radius 3 is 2.50 bits per heavy atom. The van der Waals surface area contributed by atoms with Crippen LogP contribution in [0.15, 0.2) is 6.20 Å². The third kappa shape index (κ3) is 1.71. The van der Waals surface area contributed by atoms with Crippen LogP contribution in [0.4, 0.5) is 5.82 Å². The van der Waals surface area contributed by atoms with E-state index in [1.54, 1.807) is 17.5 Å². The fraction of sp³-hybridized carbons (Fsp3) is 0.455. The summed E-state index contributed by atoms with van der Waals surface area (Å²) in [7, 11) is 0. The Hall–Kier alpha value is -1.36. The van der Waals surface area contributed by atoms with Gasteiger partial charge in [0, 0.05) is 5.56 Å². The molecule has 86 valence electrons. The van der Waals surface area contributed by atoms with E-state index in [0.29, 0.717) is 0 Å². The lowest BCUT2D eigenvalue weighted by atomic mass is 10.2. The number of nitrogen functional groups attached to an aromatic ring is 1. The van der Waals surface area contributed by atoms with Crippen molar-refractivity contribution in [2.24, 2.45) is 0 Å². The molecule has 0 fully saturated rings. The van der Waals surface area contributed by atoms with E-state index in [4.69, 9.17) is 5.73 Å². The van der Waals surface area contributed by atoms with Crippen LogP contribution in [0, 0.1) is 20.8 Å². The molecule has 2 N–H and O–H groups in total. The van der Waals surface area contributed by atoms with Gasteiger partial charge in [0.25, 0.3) is 0 Å². The first-order valence-electron chi connectivity index (χ1n) is 5.24. The van der Waals surface area contributed by atoms with Gasteiger partial charge in [-0.1, -0.05) is 0 Å². The molecule has 2 aromatic rings. The van der Waals surface area contributed by atoms with Crippen LogP contribution in [-0.2, 0) is 0 Å². The molecule has 4 nitrogen and oxygen atoms in total. The van der Waals surface area contributed by atoms with Crippen LogP contribution in [0.5, 0.6) is 0 Å². The second-order valence-corrected chi connectivity index (χ2v) is 5.25. The third-order valence-corrected chi connectivity index (χ3v) is 3.96. The maximum Gasteiger partial charge on any atom is 0.125 e. The first kappa shape index (κ1) is 11.1. The molecule has 0 aromatic carbocycles. The minimum absolute atomic E-state index is 0.153. The van der Waals surface area contributed by atoms with Crippen LogP contribution in [0.1, 0.15) is 34.1 Å². The van der Waals surface area contributed by atoms with Crippen LogP contribution < -0.4 is 5.73 Å². The van der Waals surface area contributed by atoms with E-state index in [2.05, 4.69) is 17.0 Å². The summed E-state index contributed by atoms with van der Waals surface area (Å²) in [6, 6.07) is 0.153. The summed E-state index contributed by atoms with van der Waals surface area (Å²) >= 11 is 1.71. The van der Waals surface area contributed by atoms with Crippen molar-refractivity contribution in [1.29, 1.82) is 0 Å². The molecule has 0 aliphatic rings. The summed E-state index contributed by atoms with van der Waals surface area (Å²) < 4.78 is 1.86. The Balaban J connectivity index is 2.42. The Kier molecular flexibility index (Phi) is 2.71. The number of nitrogens with two attached hydrogens (primary N) is 1. The summed E-state index contributed by atoms with van der Waals surface area (Å²) in [6.45, 7) is 8.12. The highest BCUT2D eigenvalue weighted by atomic mass is 32.1. The van der Waals surface area contributed by atoms with Crippen LogP contribution in [0.25, 0.3) is 0 Å². The Labute approximate surface area is 99.1 Å². The Morgan fingerprint density at radius 2 is 2.06 bits per heavy atom. The second kappa shape index (κ2) is 3.90. The molecule has 5 heteroatoms. The molecule has 2 aromatic heterocycles. The number of nitrogens with zero attached hydrogens (tertiary/aromatic N) is 3. The normalized spacial score (nSPS) is 13.0. The monoisotopic (exact) mass is 236 g/mol. The van der Waals surface area contributed by atoms with E-state index in [0.717, 1.165) is 22.1 Å². The van der Waals surface area contributed by atoms with Crippen molar-refractivity contribution >= 4 is 17.2 Å². The highest BCUT2D eigenvalue weighted by Crippen LogP contribution is 2.29. The van der Waals surface area contributed by atoms with E-state index in [1.807, 2.05) is 25.5 Å².